The van der Waals surface area contributed by atoms with Gasteiger partial charge in [0, 0.05) is 54.7 Å². The SMILES string of the molecule is CCC(CC)/C(O)=C/C(=O)C(CC)(CC)CC.Cc1[c-]c2c3nccc4cc([Si](C)(C)C)cc(c43)n3c4ccc(CC(C)(C)C)cc4c(c1)c23.[Ir]. The molecular formula is C45H59IrN2O2Si-. The van der Waals surface area contributed by atoms with Gasteiger partial charge in [-0.25, -0.2) is 0 Å². The summed E-state index contributed by atoms with van der Waals surface area (Å²) in [6.45, 7) is 26.6. The van der Waals surface area contributed by atoms with E-state index in [0.29, 0.717) is 0 Å². The molecule has 275 valence electrons. The number of aryl methyl sites for hydroxylation is 1. The summed E-state index contributed by atoms with van der Waals surface area (Å²) in [6.07, 6.45) is 8.79. The number of aliphatic hydroxyl groups is 1. The maximum absolute atomic E-state index is 12.3. The van der Waals surface area contributed by atoms with Crippen molar-refractivity contribution in [1.82, 2.24) is 9.38 Å². The number of ketones is 1. The van der Waals surface area contributed by atoms with E-state index in [9.17, 15) is 9.90 Å². The number of carbonyl (C=O) groups is 1. The van der Waals surface area contributed by atoms with Gasteiger partial charge in [0.25, 0.3) is 0 Å². The number of rotatable bonds is 10. The van der Waals surface area contributed by atoms with E-state index in [1.54, 1.807) is 0 Å². The molecular weight excluding hydrogens is 821 g/mol. The average molecular weight is 880 g/mol. The zero-order valence-electron chi connectivity index (χ0n) is 33.1. The van der Waals surface area contributed by atoms with Crippen LogP contribution in [0, 0.1) is 29.7 Å². The summed E-state index contributed by atoms with van der Waals surface area (Å²) in [4.78, 5) is 17.2. The maximum atomic E-state index is 12.3. The number of hydrogen-bond acceptors (Lipinski definition) is 3. The summed E-state index contributed by atoms with van der Waals surface area (Å²) in [5.74, 6) is 0.483. The van der Waals surface area contributed by atoms with Crippen molar-refractivity contribution < 1.29 is 30.0 Å². The van der Waals surface area contributed by atoms with Gasteiger partial charge in [0.05, 0.1) is 13.8 Å². The van der Waals surface area contributed by atoms with E-state index < -0.39 is 8.07 Å². The fourth-order valence-electron chi connectivity index (χ4n) is 7.89. The van der Waals surface area contributed by atoms with Crippen molar-refractivity contribution in [2.45, 2.75) is 120 Å². The van der Waals surface area contributed by atoms with E-state index in [0.717, 1.165) is 49.4 Å². The number of benzene rings is 3. The molecule has 0 atom stereocenters. The van der Waals surface area contributed by atoms with E-state index in [2.05, 4.69) is 100 Å². The van der Waals surface area contributed by atoms with Gasteiger partial charge in [-0.05, 0) is 94.9 Å². The van der Waals surface area contributed by atoms with Crippen molar-refractivity contribution in [1.29, 1.82) is 0 Å². The standard InChI is InChI=1S/C30H31N2Si.C15H28O2.Ir/c1-18-12-23-22-14-19(17-30(2,3)4)8-9-25(22)32-26-16-21(33(5,6)7)15-20-10-11-31-28(27(20)26)24(13-18)29(23)32;1-6-12(7-2)13(16)11-14(17)15(8-3,9-4)10-5;/h8-12,14-16H,17H2,1-7H3;11-12,16H,6-10H2,1-5H3;/q-1;;/b;13-11-;. The van der Waals surface area contributed by atoms with Gasteiger partial charge in [-0.15, -0.1) is 17.7 Å². The van der Waals surface area contributed by atoms with Gasteiger partial charge in [0.1, 0.15) is 0 Å². The molecule has 1 N–H and O–H groups in total. The van der Waals surface area contributed by atoms with Crippen LogP contribution in [-0.4, -0.2) is 28.3 Å². The van der Waals surface area contributed by atoms with Crippen LogP contribution < -0.4 is 5.19 Å². The van der Waals surface area contributed by atoms with Gasteiger partial charge in [0.15, 0.2) is 5.78 Å². The van der Waals surface area contributed by atoms with Crippen LogP contribution in [-0.2, 0) is 31.3 Å². The number of hydrogen-bond donors (Lipinski definition) is 1. The fraction of sp³-hybridized carbons (Fsp3) is 0.467. The topological polar surface area (TPSA) is 54.6 Å². The number of allylic oxidation sites excluding steroid dienone is 2. The summed E-state index contributed by atoms with van der Waals surface area (Å²) in [6, 6.07) is 20.1. The monoisotopic (exact) mass is 880 g/mol. The smallest absolute Gasteiger partial charge is 0.165 e. The number of aliphatic hydroxyl groups excluding tert-OH is 1. The molecule has 0 bridgehead atoms. The molecule has 0 saturated heterocycles. The molecule has 0 aliphatic heterocycles. The van der Waals surface area contributed by atoms with Crippen LogP contribution in [0.25, 0.3) is 49.0 Å². The van der Waals surface area contributed by atoms with Crippen LogP contribution in [0.5, 0.6) is 0 Å². The predicted molar refractivity (Wildman–Crippen MR) is 219 cm³/mol. The van der Waals surface area contributed by atoms with Gasteiger partial charge < -0.3 is 14.5 Å². The Bertz CT molecular complexity index is 2180. The molecule has 6 heteroatoms. The molecule has 0 aliphatic rings. The Morgan fingerprint density at radius 1 is 0.922 bits per heavy atom. The van der Waals surface area contributed by atoms with Gasteiger partial charge in [-0.3, -0.25) is 4.79 Å². The molecule has 3 aromatic heterocycles. The molecule has 0 unspecified atom stereocenters. The van der Waals surface area contributed by atoms with E-state index in [1.807, 2.05) is 40.8 Å². The maximum Gasteiger partial charge on any atom is 0.165 e. The number of carbonyl (C=O) groups excluding carboxylic acids is 1. The molecule has 3 heterocycles. The van der Waals surface area contributed by atoms with Crippen LogP contribution in [0.3, 0.4) is 0 Å². The molecule has 4 nitrogen and oxygen atoms in total. The van der Waals surface area contributed by atoms with Crippen molar-refractivity contribution >= 4 is 68.0 Å². The van der Waals surface area contributed by atoms with Crippen LogP contribution in [0.15, 0.2) is 60.5 Å². The quantitative estimate of drug-likeness (QED) is 0.0372. The zero-order valence-corrected chi connectivity index (χ0v) is 36.5. The molecule has 51 heavy (non-hydrogen) atoms. The Morgan fingerprint density at radius 3 is 2.14 bits per heavy atom. The van der Waals surface area contributed by atoms with Crippen molar-refractivity contribution in [3.63, 3.8) is 0 Å². The Morgan fingerprint density at radius 2 is 1.57 bits per heavy atom. The summed E-state index contributed by atoms with van der Waals surface area (Å²) in [5.41, 5.74) is 7.43. The molecule has 6 rings (SSSR count). The van der Waals surface area contributed by atoms with E-state index >= 15 is 0 Å². The fourth-order valence-corrected chi connectivity index (χ4v) is 9.04. The summed E-state index contributed by atoms with van der Waals surface area (Å²) in [5, 5.41) is 17.8. The second-order valence-electron chi connectivity index (χ2n) is 16.8. The number of aromatic nitrogens is 2. The molecule has 6 aromatic rings. The predicted octanol–water partition coefficient (Wildman–Crippen LogP) is 12.3. The minimum Gasteiger partial charge on any atom is -0.512 e. The first-order valence-electron chi connectivity index (χ1n) is 18.9. The first-order valence-corrected chi connectivity index (χ1v) is 22.4. The van der Waals surface area contributed by atoms with Crippen LogP contribution in [0.1, 0.15) is 98.6 Å². The summed E-state index contributed by atoms with van der Waals surface area (Å²) >= 11 is 0. The number of pyridine rings is 2. The van der Waals surface area contributed by atoms with Crippen LogP contribution >= 0.6 is 0 Å². The molecule has 3 aromatic carbocycles. The normalized spacial score (nSPS) is 13.1. The Kier molecular flexibility index (Phi) is 12.4. The summed E-state index contributed by atoms with van der Waals surface area (Å²) < 4.78 is 2.50. The molecule has 0 aliphatic carbocycles. The average Bonchev–Trinajstić information content (AvgIpc) is 3.37. The Balaban J connectivity index is 0.000000279. The molecule has 0 amide bonds. The second-order valence-corrected chi connectivity index (χ2v) is 21.9. The van der Waals surface area contributed by atoms with Crippen LogP contribution in [0.4, 0.5) is 0 Å². The van der Waals surface area contributed by atoms with Gasteiger partial charge in [-0.2, -0.15) is 0 Å². The molecule has 1 radical (unpaired) electrons. The number of nitrogens with zero attached hydrogens (tertiary/aromatic N) is 2. The zero-order chi connectivity index (χ0) is 36.8. The third-order valence-electron chi connectivity index (χ3n) is 11.1. The van der Waals surface area contributed by atoms with E-state index in [-0.39, 0.29) is 48.4 Å². The largest absolute Gasteiger partial charge is 0.512 e. The first-order chi connectivity index (χ1) is 23.5. The van der Waals surface area contributed by atoms with E-state index in [1.165, 1.54) is 60.5 Å². The third kappa shape index (κ3) is 7.85. The van der Waals surface area contributed by atoms with Crippen molar-refractivity contribution in [2.24, 2.45) is 16.7 Å². The third-order valence-corrected chi connectivity index (χ3v) is 13.2. The minimum atomic E-state index is -1.50. The van der Waals surface area contributed by atoms with Crippen LogP contribution in [0.2, 0.25) is 19.6 Å². The molecule has 0 spiro atoms. The summed E-state index contributed by atoms with van der Waals surface area (Å²) in [7, 11) is -1.50. The Hall–Kier alpha value is -3.05. The van der Waals surface area contributed by atoms with Crippen molar-refractivity contribution in [2.75, 3.05) is 0 Å². The van der Waals surface area contributed by atoms with Gasteiger partial charge in [0.2, 0.25) is 0 Å². The van der Waals surface area contributed by atoms with Crippen molar-refractivity contribution in [3.05, 3.63) is 77.7 Å². The second kappa shape index (κ2) is 15.5. The van der Waals surface area contributed by atoms with E-state index in [4.69, 9.17) is 4.98 Å². The molecule has 0 saturated carbocycles. The van der Waals surface area contributed by atoms with Crippen molar-refractivity contribution in [3.8, 4) is 0 Å². The Labute approximate surface area is 320 Å². The van der Waals surface area contributed by atoms with Gasteiger partial charge >= 0.3 is 0 Å². The molecule has 0 fully saturated rings. The first kappa shape index (κ1) is 40.7. The minimum absolute atomic E-state index is 0. The number of fused-ring (bicyclic) bond motifs is 5. The van der Waals surface area contributed by atoms with Gasteiger partial charge in [-0.1, -0.05) is 116 Å².